The van der Waals surface area contributed by atoms with Gasteiger partial charge in [0.05, 0.1) is 13.2 Å². The van der Waals surface area contributed by atoms with E-state index in [1.54, 1.807) is 12.1 Å². The second-order valence-corrected chi connectivity index (χ2v) is 5.79. The van der Waals surface area contributed by atoms with Crippen LogP contribution in [0.1, 0.15) is 19.4 Å². The predicted octanol–water partition coefficient (Wildman–Crippen LogP) is 3.15. The van der Waals surface area contributed by atoms with Crippen molar-refractivity contribution in [3.63, 3.8) is 0 Å². The summed E-state index contributed by atoms with van der Waals surface area (Å²) in [6, 6.07) is 5.25. The summed E-state index contributed by atoms with van der Waals surface area (Å²) in [6.07, 6.45) is -2.47. The second-order valence-electron chi connectivity index (χ2n) is 5.36. The molecular weight excluding hydrogens is 298 g/mol. The van der Waals surface area contributed by atoms with Crippen molar-refractivity contribution in [2.45, 2.75) is 26.8 Å². The number of hydrogen-bond acceptors (Lipinski definition) is 3. The normalized spacial score (nSPS) is 11.4. The molecule has 0 spiro atoms. The van der Waals surface area contributed by atoms with Gasteiger partial charge in [0.25, 0.3) is 6.43 Å². The average molecular weight is 321 g/mol. The fourth-order valence-electron chi connectivity index (χ4n) is 2.07. The summed E-state index contributed by atoms with van der Waals surface area (Å²) in [5.41, 5.74) is 1.54. The SMILES string of the molecule is CC(C)CNCc1ccc(Cl)cc1N(CCO)CC(F)F. The number of nitrogens with one attached hydrogen (secondary N) is 1. The van der Waals surface area contributed by atoms with Gasteiger partial charge >= 0.3 is 0 Å². The molecule has 21 heavy (non-hydrogen) atoms. The Morgan fingerprint density at radius 3 is 2.62 bits per heavy atom. The lowest BCUT2D eigenvalue weighted by Gasteiger charge is -2.26. The molecule has 0 amide bonds. The zero-order chi connectivity index (χ0) is 15.8. The van der Waals surface area contributed by atoms with E-state index in [1.807, 2.05) is 6.07 Å². The van der Waals surface area contributed by atoms with Crippen LogP contribution in [0.3, 0.4) is 0 Å². The van der Waals surface area contributed by atoms with Crippen LogP contribution in [0, 0.1) is 5.92 Å². The number of benzene rings is 1. The summed E-state index contributed by atoms with van der Waals surface area (Å²) < 4.78 is 25.4. The number of nitrogens with zero attached hydrogens (tertiary/aromatic N) is 1. The molecule has 0 heterocycles. The molecule has 0 atom stereocenters. The highest BCUT2D eigenvalue weighted by Gasteiger charge is 2.16. The molecule has 120 valence electrons. The first-order valence-corrected chi connectivity index (χ1v) is 7.45. The molecule has 0 bridgehead atoms. The smallest absolute Gasteiger partial charge is 0.255 e. The maximum atomic E-state index is 12.7. The zero-order valence-corrected chi connectivity index (χ0v) is 13.2. The van der Waals surface area contributed by atoms with Gasteiger partial charge in [0.15, 0.2) is 0 Å². The standard InChI is InChI=1S/C15H23ClF2N2O/c1-11(2)8-19-9-12-3-4-13(16)7-14(12)20(5-6-21)10-15(17)18/h3-4,7,11,15,19,21H,5-6,8-10H2,1-2H3. The Morgan fingerprint density at radius 2 is 2.05 bits per heavy atom. The van der Waals surface area contributed by atoms with Crippen molar-refractivity contribution in [3.05, 3.63) is 28.8 Å². The molecule has 0 saturated carbocycles. The summed E-state index contributed by atoms with van der Waals surface area (Å²) in [5, 5.41) is 12.9. The van der Waals surface area contributed by atoms with E-state index >= 15 is 0 Å². The van der Waals surface area contributed by atoms with E-state index in [0.717, 1.165) is 12.1 Å². The monoisotopic (exact) mass is 320 g/mol. The lowest BCUT2D eigenvalue weighted by molar-refractivity contribution is 0.152. The van der Waals surface area contributed by atoms with Crippen LogP contribution in [0.15, 0.2) is 18.2 Å². The van der Waals surface area contributed by atoms with Crippen molar-refractivity contribution in [1.82, 2.24) is 5.32 Å². The molecule has 0 aliphatic heterocycles. The minimum Gasteiger partial charge on any atom is -0.395 e. The van der Waals surface area contributed by atoms with Crippen LogP contribution >= 0.6 is 11.6 Å². The first kappa shape index (κ1) is 18.1. The van der Waals surface area contributed by atoms with Crippen molar-refractivity contribution in [1.29, 1.82) is 0 Å². The molecule has 1 aromatic carbocycles. The molecular formula is C15H23ClF2N2O. The lowest BCUT2D eigenvalue weighted by atomic mass is 10.1. The largest absolute Gasteiger partial charge is 0.395 e. The molecule has 0 radical (unpaired) electrons. The maximum Gasteiger partial charge on any atom is 0.255 e. The Labute approximate surface area is 129 Å². The summed E-state index contributed by atoms with van der Waals surface area (Å²) in [7, 11) is 0. The van der Waals surface area contributed by atoms with Gasteiger partial charge in [-0.2, -0.15) is 0 Å². The lowest BCUT2D eigenvalue weighted by Crippen LogP contribution is -2.33. The number of aliphatic hydroxyl groups is 1. The molecule has 0 aromatic heterocycles. The fourth-order valence-corrected chi connectivity index (χ4v) is 2.24. The van der Waals surface area contributed by atoms with E-state index in [0.29, 0.717) is 23.2 Å². The Kier molecular flexibility index (Phi) is 7.93. The third-order valence-corrected chi connectivity index (χ3v) is 3.22. The first-order valence-electron chi connectivity index (χ1n) is 7.07. The van der Waals surface area contributed by atoms with Gasteiger partial charge in [-0.3, -0.25) is 0 Å². The van der Waals surface area contributed by atoms with Crippen molar-refractivity contribution in [2.24, 2.45) is 5.92 Å². The molecule has 0 fully saturated rings. The van der Waals surface area contributed by atoms with Crippen LogP contribution in [0.4, 0.5) is 14.5 Å². The third-order valence-electron chi connectivity index (χ3n) is 2.98. The van der Waals surface area contributed by atoms with Crippen LogP contribution in [0.25, 0.3) is 0 Å². The Morgan fingerprint density at radius 1 is 1.33 bits per heavy atom. The number of hydrogen-bond donors (Lipinski definition) is 2. The molecule has 1 aromatic rings. The summed E-state index contributed by atoms with van der Waals surface area (Å²) in [4.78, 5) is 1.48. The van der Waals surface area contributed by atoms with Crippen molar-refractivity contribution >= 4 is 17.3 Å². The number of rotatable bonds is 9. The summed E-state index contributed by atoms with van der Waals surface area (Å²) >= 11 is 5.99. The quantitative estimate of drug-likeness (QED) is 0.733. The van der Waals surface area contributed by atoms with E-state index in [1.165, 1.54) is 4.90 Å². The second kappa shape index (κ2) is 9.18. The Bertz CT molecular complexity index is 430. The molecule has 0 unspecified atom stereocenters. The maximum absolute atomic E-state index is 12.7. The fraction of sp³-hybridized carbons (Fsp3) is 0.600. The van der Waals surface area contributed by atoms with Crippen LogP contribution in [-0.2, 0) is 6.54 Å². The van der Waals surface area contributed by atoms with Crippen molar-refractivity contribution in [3.8, 4) is 0 Å². The van der Waals surface area contributed by atoms with E-state index in [2.05, 4.69) is 19.2 Å². The highest BCUT2D eigenvalue weighted by molar-refractivity contribution is 6.30. The Hall–Kier alpha value is -0.910. The minimum absolute atomic E-state index is 0.155. The van der Waals surface area contributed by atoms with Gasteiger partial charge in [0, 0.05) is 23.8 Å². The topological polar surface area (TPSA) is 35.5 Å². The average Bonchev–Trinajstić information content (AvgIpc) is 2.39. The van der Waals surface area contributed by atoms with Crippen molar-refractivity contribution in [2.75, 3.05) is 31.1 Å². The molecule has 1 rings (SSSR count). The van der Waals surface area contributed by atoms with Gasteiger partial charge in [-0.1, -0.05) is 31.5 Å². The number of anilines is 1. The number of halogens is 3. The zero-order valence-electron chi connectivity index (χ0n) is 12.5. The Balaban J connectivity index is 2.91. The molecule has 6 heteroatoms. The van der Waals surface area contributed by atoms with Gasteiger partial charge in [-0.15, -0.1) is 0 Å². The summed E-state index contributed by atoms with van der Waals surface area (Å²) in [6.45, 7) is 5.18. The molecule has 0 aliphatic carbocycles. The van der Waals surface area contributed by atoms with E-state index < -0.39 is 13.0 Å². The molecule has 3 nitrogen and oxygen atoms in total. The van der Waals surface area contributed by atoms with Gasteiger partial charge in [0.1, 0.15) is 0 Å². The van der Waals surface area contributed by atoms with Crippen LogP contribution in [0.5, 0.6) is 0 Å². The van der Waals surface area contributed by atoms with Gasteiger partial charge in [-0.25, -0.2) is 8.78 Å². The summed E-state index contributed by atoms with van der Waals surface area (Å²) in [5.74, 6) is 0.510. The molecule has 0 saturated heterocycles. The highest BCUT2D eigenvalue weighted by Crippen LogP contribution is 2.25. The van der Waals surface area contributed by atoms with E-state index in [9.17, 15) is 8.78 Å². The van der Waals surface area contributed by atoms with Gasteiger partial charge in [0.2, 0.25) is 0 Å². The highest BCUT2D eigenvalue weighted by atomic mass is 35.5. The van der Waals surface area contributed by atoms with Crippen LogP contribution in [-0.4, -0.2) is 37.8 Å². The van der Waals surface area contributed by atoms with Gasteiger partial charge in [-0.05, 0) is 30.2 Å². The van der Waals surface area contributed by atoms with Crippen molar-refractivity contribution < 1.29 is 13.9 Å². The predicted molar refractivity (Wildman–Crippen MR) is 83.3 cm³/mol. The number of aliphatic hydroxyl groups excluding tert-OH is 1. The number of alkyl halides is 2. The minimum atomic E-state index is -2.47. The molecule has 0 aliphatic rings. The van der Waals surface area contributed by atoms with Crippen LogP contribution < -0.4 is 10.2 Å². The molecule has 2 N–H and O–H groups in total. The van der Waals surface area contributed by atoms with E-state index in [-0.39, 0.29) is 13.2 Å². The van der Waals surface area contributed by atoms with E-state index in [4.69, 9.17) is 16.7 Å². The van der Waals surface area contributed by atoms with Crippen LogP contribution in [0.2, 0.25) is 5.02 Å². The first-order chi connectivity index (χ1) is 9.93. The third kappa shape index (κ3) is 6.59. The van der Waals surface area contributed by atoms with Gasteiger partial charge < -0.3 is 15.3 Å².